The molecule has 150 valence electrons. The van der Waals surface area contributed by atoms with Crippen LogP contribution in [0.3, 0.4) is 0 Å². The van der Waals surface area contributed by atoms with Crippen LogP contribution >= 0.6 is 0 Å². The van der Waals surface area contributed by atoms with Crippen molar-refractivity contribution >= 4 is 8.32 Å². The highest BCUT2D eigenvalue weighted by Crippen LogP contribution is 2.39. The number of ether oxygens (including phenoxy) is 2. The van der Waals surface area contributed by atoms with E-state index in [9.17, 15) is 0 Å². The fourth-order valence-electron chi connectivity index (χ4n) is 2.80. The van der Waals surface area contributed by atoms with Gasteiger partial charge in [0.25, 0.3) is 0 Å². The van der Waals surface area contributed by atoms with E-state index in [1.165, 1.54) is 5.57 Å². The molecule has 1 rings (SSSR count). The quantitative estimate of drug-likeness (QED) is 0.451. The van der Waals surface area contributed by atoms with Crippen molar-refractivity contribution in [1.82, 2.24) is 0 Å². The van der Waals surface area contributed by atoms with Gasteiger partial charge in [-0.2, -0.15) is 0 Å². The van der Waals surface area contributed by atoms with E-state index in [1.54, 1.807) is 7.11 Å². The average molecular weight is 381 g/mol. The summed E-state index contributed by atoms with van der Waals surface area (Å²) in [7, 11) is -0.124. The van der Waals surface area contributed by atoms with Crippen LogP contribution in [0, 0.1) is 5.92 Å². The SMILES string of the molecule is CO[C@H]1C=CCCC=CCOCC(C)=C[C@@H](C)[C@@H]1O[Si](C)(C)C(C)(C)C. The van der Waals surface area contributed by atoms with E-state index >= 15 is 0 Å². The van der Waals surface area contributed by atoms with E-state index in [0.717, 1.165) is 12.8 Å². The van der Waals surface area contributed by atoms with E-state index in [-0.39, 0.29) is 23.2 Å². The number of hydrogen-bond donors (Lipinski definition) is 0. The molecule has 3 nitrogen and oxygen atoms in total. The topological polar surface area (TPSA) is 27.7 Å². The molecule has 0 saturated heterocycles. The minimum Gasteiger partial charge on any atom is -0.410 e. The molecule has 0 saturated carbocycles. The first-order valence-electron chi connectivity index (χ1n) is 9.86. The van der Waals surface area contributed by atoms with Gasteiger partial charge in [-0.25, -0.2) is 0 Å². The standard InChI is InChI=1S/C22H40O3Si/c1-18-16-19(2)21(25-26(7,8)22(3,4)5)20(23-6)14-12-10-9-11-13-15-24-17-18/h11-14,16,19-21H,9-10,15,17H2,1-8H3/t19-,20+,21+/m1/s1. The van der Waals surface area contributed by atoms with Gasteiger partial charge in [-0.05, 0) is 37.9 Å². The van der Waals surface area contributed by atoms with Crippen LogP contribution in [0.2, 0.25) is 18.1 Å². The summed E-state index contributed by atoms with van der Waals surface area (Å²) in [6, 6.07) is 0. The van der Waals surface area contributed by atoms with E-state index in [1.807, 2.05) is 0 Å². The first-order chi connectivity index (χ1) is 12.1. The third-order valence-corrected chi connectivity index (χ3v) is 9.91. The zero-order valence-electron chi connectivity index (χ0n) is 18.2. The predicted octanol–water partition coefficient (Wildman–Crippen LogP) is 5.90. The Bertz CT molecular complexity index is 500. The molecule has 0 N–H and O–H groups in total. The third kappa shape index (κ3) is 7.51. The van der Waals surface area contributed by atoms with Gasteiger partial charge >= 0.3 is 0 Å². The second kappa shape index (κ2) is 10.6. The summed E-state index contributed by atoms with van der Waals surface area (Å²) in [6.07, 6.45) is 13.0. The Labute approximate surface area is 162 Å². The van der Waals surface area contributed by atoms with Gasteiger partial charge in [0, 0.05) is 13.0 Å². The highest BCUT2D eigenvalue weighted by molar-refractivity contribution is 6.74. The van der Waals surface area contributed by atoms with Crippen LogP contribution in [-0.4, -0.2) is 40.8 Å². The van der Waals surface area contributed by atoms with Gasteiger partial charge in [0.1, 0.15) is 6.10 Å². The Balaban J connectivity index is 3.14. The average Bonchev–Trinajstić information content (AvgIpc) is 2.53. The Morgan fingerprint density at radius 2 is 1.77 bits per heavy atom. The van der Waals surface area contributed by atoms with Crippen LogP contribution in [0.1, 0.15) is 47.5 Å². The van der Waals surface area contributed by atoms with Crippen molar-refractivity contribution in [3.05, 3.63) is 36.0 Å². The Morgan fingerprint density at radius 3 is 2.38 bits per heavy atom. The fourth-order valence-corrected chi connectivity index (χ4v) is 4.18. The minimum absolute atomic E-state index is 0.00516. The smallest absolute Gasteiger partial charge is 0.192 e. The summed E-state index contributed by atoms with van der Waals surface area (Å²) >= 11 is 0. The molecule has 0 aromatic rings. The van der Waals surface area contributed by atoms with Crippen LogP contribution in [-0.2, 0) is 13.9 Å². The second-order valence-corrected chi connectivity index (χ2v) is 13.7. The normalized spacial score (nSPS) is 27.1. The zero-order chi connectivity index (χ0) is 19.8. The van der Waals surface area contributed by atoms with Crippen LogP contribution in [0.25, 0.3) is 0 Å². The van der Waals surface area contributed by atoms with Gasteiger partial charge in [0.2, 0.25) is 0 Å². The molecule has 0 aromatic carbocycles. The molecule has 0 aromatic heterocycles. The summed E-state index contributed by atoms with van der Waals surface area (Å²) in [4.78, 5) is 0. The summed E-state index contributed by atoms with van der Waals surface area (Å²) in [5, 5.41) is 0.167. The Kier molecular flexibility index (Phi) is 9.52. The van der Waals surface area contributed by atoms with E-state index in [0.29, 0.717) is 13.2 Å². The Hall–Kier alpha value is -0.683. The van der Waals surface area contributed by atoms with Gasteiger partial charge in [0.05, 0.1) is 19.3 Å². The predicted molar refractivity (Wildman–Crippen MR) is 114 cm³/mol. The molecule has 1 aliphatic rings. The summed E-state index contributed by atoms with van der Waals surface area (Å²) in [5.41, 5.74) is 1.24. The lowest BCUT2D eigenvalue weighted by Crippen LogP contribution is -2.49. The summed E-state index contributed by atoms with van der Waals surface area (Å²) < 4.78 is 18.4. The number of methoxy groups -OCH3 is 1. The molecule has 0 spiro atoms. The lowest BCUT2D eigenvalue weighted by molar-refractivity contribution is 0.00552. The highest BCUT2D eigenvalue weighted by atomic mass is 28.4. The van der Waals surface area contributed by atoms with Crippen molar-refractivity contribution in [2.24, 2.45) is 5.92 Å². The van der Waals surface area contributed by atoms with E-state index < -0.39 is 8.32 Å². The number of rotatable bonds is 3. The van der Waals surface area contributed by atoms with Crippen molar-refractivity contribution in [2.45, 2.75) is 77.8 Å². The van der Waals surface area contributed by atoms with Crippen molar-refractivity contribution in [1.29, 1.82) is 0 Å². The first-order valence-corrected chi connectivity index (χ1v) is 12.8. The lowest BCUT2D eigenvalue weighted by Gasteiger charge is -2.42. The highest BCUT2D eigenvalue weighted by Gasteiger charge is 2.41. The van der Waals surface area contributed by atoms with Crippen molar-refractivity contribution in [3.8, 4) is 0 Å². The van der Waals surface area contributed by atoms with Crippen LogP contribution in [0.15, 0.2) is 36.0 Å². The fraction of sp³-hybridized carbons (Fsp3) is 0.727. The summed E-state index contributed by atoms with van der Waals surface area (Å²) in [6.45, 7) is 17.2. The summed E-state index contributed by atoms with van der Waals surface area (Å²) in [5.74, 6) is 0.251. The van der Waals surface area contributed by atoms with Gasteiger partial charge < -0.3 is 13.9 Å². The molecule has 1 heterocycles. The van der Waals surface area contributed by atoms with Gasteiger partial charge in [-0.15, -0.1) is 0 Å². The maximum atomic E-state index is 6.83. The molecule has 1 aliphatic heterocycles. The Morgan fingerprint density at radius 1 is 1.12 bits per heavy atom. The maximum Gasteiger partial charge on any atom is 0.192 e. The maximum absolute atomic E-state index is 6.83. The molecule has 4 heteroatoms. The van der Waals surface area contributed by atoms with Gasteiger partial charge in [-0.3, -0.25) is 0 Å². The van der Waals surface area contributed by atoms with Crippen LogP contribution < -0.4 is 0 Å². The largest absolute Gasteiger partial charge is 0.410 e. The first kappa shape index (κ1) is 23.4. The van der Waals surface area contributed by atoms with Gasteiger partial charge in [0.15, 0.2) is 8.32 Å². The molecule has 0 bridgehead atoms. The van der Waals surface area contributed by atoms with E-state index in [2.05, 4.69) is 78.1 Å². The minimum atomic E-state index is -1.91. The molecule has 26 heavy (non-hydrogen) atoms. The molecular weight excluding hydrogens is 340 g/mol. The van der Waals surface area contributed by atoms with Crippen LogP contribution in [0.4, 0.5) is 0 Å². The van der Waals surface area contributed by atoms with Crippen molar-refractivity contribution in [2.75, 3.05) is 20.3 Å². The molecular formula is C22H40O3Si. The molecule has 0 fully saturated rings. The van der Waals surface area contributed by atoms with Crippen LogP contribution in [0.5, 0.6) is 0 Å². The molecule has 0 aliphatic carbocycles. The zero-order valence-corrected chi connectivity index (χ0v) is 19.2. The number of allylic oxidation sites excluding steroid dienone is 2. The van der Waals surface area contributed by atoms with E-state index in [4.69, 9.17) is 13.9 Å². The van der Waals surface area contributed by atoms with Crippen molar-refractivity contribution < 1.29 is 13.9 Å². The van der Waals surface area contributed by atoms with Crippen molar-refractivity contribution in [3.63, 3.8) is 0 Å². The molecule has 0 amide bonds. The molecule has 0 unspecified atom stereocenters. The molecule has 3 atom stereocenters. The van der Waals surface area contributed by atoms with Gasteiger partial charge in [-0.1, -0.05) is 63.6 Å². The monoisotopic (exact) mass is 380 g/mol. The third-order valence-electron chi connectivity index (χ3n) is 5.43. The molecule has 0 radical (unpaired) electrons. The lowest BCUT2D eigenvalue weighted by atomic mass is 9.96. The number of hydrogen-bond acceptors (Lipinski definition) is 3. The second-order valence-electron chi connectivity index (χ2n) is 8.91.